The molecule has 100 valence electrons. The molecule has 2 atom stereocenters. The Morgan fingerprint density at radius 2 is 1.37 bits per heavy atom. The second kappa shape index (κ2) is 6.00. The van der Waals surface area contributed by atoms with E-state index >= 15 is 0 Å². The minimum atomic E-state index is -0.237. The van der Waals surface area contributed by atoms with Crippen molar-refractivity contribution in [3.05, 3.63) is 77.0 Å². The number of hydrogen-bond donors (Lipinski definition) is 0. The maximum atomic E-state index is 12.7. The van der Waals surface area contributed by atoms with E-state index in [2.05, 4.69) is 12.1 Å². The molecule has 0 spiro atoms. The van der Waals surface area contributed by atoms with Crippen molar-refractivity contribution in [3.63, 3.8) is 0 Å². The molecule has 2 nitrogen and oxygen atoms in total. The van der Waals surface area contributed by atoms with E-state index < -0.39 is 0 Å². The first-order valence-electron chi connectivity index (χ1n) is 6.72. The average Bonchev–Trinajstić information content (AvgIpc) is 2.40. The van der Waals surface area contributed by atoms with Crippen molar-refractivity contribution in [2.75, 3.05) is 7.05 Å². The SMILES string of the molecule is C[C@H](Cc1ccccc1)[N@@+](C)([O-])Cc1ccccc1. The number of benzene rings is 2. The highest BCUT2D eigenvalue weighted by molar-refractivity contribution is 5.16. The molecule has 0 aliphatic rings. The number of nitrogens with zero attached hydrogens (tertiary/aromatic N) is 1. The van der Waals surface area contributed by atoms with Gasteiger partial charge in [-0.05, 0) is 12.5 Å². The second-order valence-electron chi connectivity index (χ2n) is 5.36. The Morgan fingerprint density at radius 1 is 0.895 bits per heavy atom. The van der Waals surface area contributed by atoms with Gasteiger partial charge in [0.05, 0.1) is 13.1 Å². The van der Waals surface area contributed by atoms with E-state index in [9.17, 15) is 5.21 Å². The van der Waals surface area contributed by atoms with Crippen LogP contribution in [0.25, 0.3) is 0 Å². The van der Waals surface area contributed by atoms with E-state index in [0.717, 1.165) is 12.0 Å². The van der Waals surface area contributed by atoms with Crippen LogP contribution in [0.15, 0.2) is 60.7 Å². The van der Waals surface area contributed by atoms with Gasteiger partial charge in [0.2, 0.25) is 0 Å². The quantitative estimate of drug-likeness (QED) is 0.589. The minimum absolute atomic E-state index is 0.0441. The molecule has 0 aliphatic heterocycles. The maximum absolute atomic E-state index is 12.7. The zero-order valence-electron chi connectivity index (χ0n) is 11.6. The van der Waals surface area contributed by atoms with Gasteiger partial charge in [-0.25, -0.2) is 0 Å². The largest absolute Gasteiger partial charge is 0.633 e. The summed E-state index contributed by atoms with van der Waals surface area (Å²) in [5, 5.41) is 12.7. The summed E-state index contributed by atoms with van der Waals surface area (Å²) in [5.74, 6) is 0. The maximum Gasteiger partial charge on any atom is 0.104 e. The summed E-state index contributed by atoms with van der Waals surface area (Å²) >= 11 is 0. The third-order valence-corrected chi connectivity index (χ3v) is 3.65. The predicted molar refractivity (Wildman–Crippen MR) is 79.3 cm³/mol. The lowest BCUT2D eigenvalue weighted by molar-refractivity contribution is -0.897. The topological polar surface area (TPSA) is 23.1 Å². The van der Waals surface area contributed by atoms with Gasteiger partial charge in [0.15, 0.2) is 0 Å². The van der Waals surface area contributed by atoms with Crippen LogP contribution in [-0.2, 0) is 13.0 Å². The van der Waals surface area contributed by atoms with E-state index in [-0.39, 0.29) is 10.7 Å². The highest BCUT2D eigenvalue weighted by atomic mass is 16.5. The zero-order chi connectivity index (χ0) is 13.7. The molecule has 2 aromatic rings. The molecule has 0 amide bonds. The number of hydrogen-bond acceptors (Lipinski definition) is 1. The van der Waals surface area contributed by atoms with Crippen molar-refractivity contribution in [1.82, 2.24) is 0 Å². The third kappa shape index (κ3) is 3.91. The molecule has 19 heavy (non-hydrogen) atoms. The fourth-order valence-electron chi connectivity index (χ4n) is 2.25. The molecule has 0 unspecified atom stereocenters. The summed E-state index contributed by atoms with van der Waals surface area (Å²) in [6.45, 7) is 2.55. The van der Waals surface area contributed by atoms with Gasteiger partial charge in [-0.15, -0.1) is 0 Å². The smallest absolute Gasteiger partial charge is 0.104 e. The van der Waals surface area contributed by atoms with Gasteiger partial charge >= 0.3 is 0 Å². The molecule has 0 N–H and O–H groups in total. The van der Waals surface area contributed by atoms with Gasteiger partial charge in [-0.1, -0.05) is 60.7 Å². The number of likely N-dealkylation sites (N-methyl/N-ethyl adjacent to an activating group) is 1. The van der Waals surface area contributed by atoms with Crippen LogP contribution in [-0.4, -0.2) is 17.7 Å². The fraction of sp³-hybridized carbons (Fsp3) is 0.294. The fourth-order valence-corrected chi connectivity index (χ4v) is 2.25. The highest BCUT2D eigenvalue weighted by Gasteiger charge is 2.20. The number of quaternary nitrogens is 1. The van der Waals surface area contributed by atoms with Crippen LogP contribution < -0.4 is 0 Å². The Morgan fingerprint density at radius 3 is 1.89 bits per heavy atom. The molecule has 2 aromatic carbocycles. The summed E-state index contributed by atoms with van der Waals surface area (Å²) in [6, 6.07) is 20.2. The molecule has 0 bridgehead atoms. The second-order valence-corrected chi connectivity index (χ2v) is 5.36. The molecule has 0 radical (unpaired) electrons. The van der Waals surface area contributed by atoms with Crippen molar-refractivity contribution >= 4 is 0 Å². The first-order chi connectivity index (χ1) is 9.08. The summed E-state index contributed by atoms with van der Waals surface area (Å²) in [4.78, 5) is 0. The zero-order valence-corrected chi connectivity index (χ0v) is 11.6. The van der Waals surface area contributed by atoms with Crippen LogP contribution in [0.2, 0.25) is 0 Å². The van der Waals surface area contributed by atoms with Gasteiger partial charge in [0.1, 0.15) is 6.54 Å². The predicted octanol–water partition coefficient (Wildman–Crippen LogP) is 3.76. The Kier molecular flexibility index (Phi) is 4.35. The molecule has 0 saturated heterocycles. The molecule has 2 rings (SSSR count). The Balaban J connectivity index is 2.02. The normalized spacial score (nSPS) is 15.7. The monoisotopic (exact) mass is 255 g/mol. The van der Waals surface area contributed by atoms with Gasteiger partial charge in [-0.3, -0.25) is 0 Å². The lowest BCUT2D eigenvalue weighted by Crippen LogP contribution is -2.45. The van der Waals surface area contributed by atoms with Gasteiger partial charge in [-0.2, -0.15) is 0 Å². The summed E-state index contributed by atoms with van der Waals surface area (Å²) in [6.07, 6.45) is 0.813. The van der Waals surface area contributed by atoms with Crippen LogP contribution >= 0.6 is 0 Å². The van der Waals surface area contributed by atoms with E-state index in [1.54, 1.807) is 7.05 Å². The highest BCUT2D eigenvalue weighted by Crippen LogP contribution is 2.18. The molecule has 0 saturated carbocycles. The molecule has 2 heteroatoms. The number of rotatable bonds is 5. The van der Waals surface area contributed by atoms with Gasteiger partial charge < -0.3 is 9.85 Å². The van der Waals surface area contributed by atoms with Gasteiger partial charge in [0.25, 0.3) is 0 Å². The van der Waals surface area contributed by atoms with Crippen LogP contribution in [0.5, 0.6) is 0 Å². The van der Waals surface area contributed by atoms with Crippen molar-refractivity contribution < 1.29 is 4.65 Å². The molecule has 0 fully saturated rings. The Bertz CT molecular complexity index is 493. The first kappa shape index (κ1) is 13.8. The molecular weight excluding hydrogens is 234 g/mol. The molecule has 0 aromatic heterocycles. The standard InChI is InChI=1S/C17H21NO/c1-15(13-16-9-5-3-6-10-16)18(2,19)14-17-11-7-4-8-12-17/h3-12,15H,13-14H2,1-2H3/t15-,18+/m1/s1. The van der Waals surface area contributed by atoms with E-state index in [1.807, 2.05) is 55.5 Å². The molecular formula is C17H21NO. The first-order valence-corrected chi connectivity index (χ1v) is 6.72. The third-order valence-electron chi connectivity index (χ3n) is 3.65. The number of hydroxylamine groups is 3. The van der Waals surface area contributed by atoms with Crippen LogP contribution in [0.3, 0.4) is 0 Å². The van der Waals surface area contributed by atoms with Crippen molar-refractivity contribution in [2.24, 2.45) is 0 Å². The Labute approximate surface area is 115 Å². The minimum Gasteiger partial charge on any atom is -0.633 e. The molecule has 0 heterocycles. The Hall–Kier alpha value is -1.64. The van der Waals surface area contributed by atoms with Crippen molar-refractivity contribution in [2.45, 2.75) is 25.9 Å². The lowest BCUT2D eigenvalue weighted by atomic mass is 10.1. The van der Waals surface area contributed by atoms with E-state index in [1.165, 1.54) is 5.56 Å². The lowest BCUT2D eigenvalue weighted by Gasteiger charge is -2.44. The van der Waals surface area contributed by atoms with Crippen LogP contribution in [0.1, 0.15) is 18.1 Å². The average molecular weight is 255 g/mol. The summed E-state index contributed by atoms with van der Waals surface area (Å²) in [7, 11) is 1.76. The van der Waals surface area contributed by atoms with Crippen LogP contribution in [0.4, 0.5) is 0 Å². The molecule has 0 aliphatic carbocycles. The van der Waals surface area contributed by atoms with Crippen molar-refractivity contribution in [3.8, 4) is 0 Å². The van der Waals surface area contributed by atoms with Crippen LogP contribution in [0, 0.1) is 5.21 Å². The van der Waals surface area contributed by atoms with Crippen molar-refractivity contribution in [1.29, 1.82) is 0 Å². The van der Waals surface area contributed by atoms with Gasteiger partial charge in [0, 0.05) is 12.0 Å². The summed E-state index contributed by atoms with van der Waals surface area (Å²) in [5.41, 5.74) is 2.32. The van der Waals surface area contributed by atoms with E-state index in [0.29, 0.717) is 6.54 Å². The van der Waals surface area contributed by atoms with E-state index in [4.69, 9.17) is 0 Å². The summed E-state index contributed by atoms with van der Waals surface area (Å²) < 4.78 is -0.237.